The number of fused-ring (bicyclic) bond motifs is 1. The van der Waals surface area contributed by atoms with E-state index in [4.69, 9.17) is 4.74 Å². The average molecular weight is 245 g/mol. The van der Waals surface area contributed by atoms with Crippen molar-refractivity contribution in [3.63, 3.8) is 0 Å². The summed E-state index contributed by atoms with van der Waals surface area (Å²) in [6, 6.07) is 5.68. The number of aromatic amines is 1. The molecule has 18 heavy (non-hydrogen) atoms. The Morgan fingerprint density at radius 1 is 1.33 bits per heavy atom. The number of H-pyrrole nitrogens is 1. The summed E-state index contributed by atoms with van der Waals surface area (Å²) < 4.78 is 5.30. The molecule has 0 spiro atoms. The first-order chi connectivity index (χ1) is 8.74. The molecule has 2 aromatic rings. The van der Waals surface area contributed by atoms with Crippen LogP contribution in [-0.4, -0.2) is 36.3 Å². The zero-order chi connectivity index (χ0) is 12.5. The van der Waals surface area contributed by atoms with Crippen LogP contribution in [0.1, 0.15) is 5.56 Å². The Morgan fingerprint density at radius 3 is 2.89 bits per heavy atom. The van der Waals surface area contributed by atoms with Crippen LogP contribution >= 0.6 is 0 Å². The predicted octanol–water partition coefficient (Wildman–Crippen LogP) is 1.07. The maximum Gasteiger partial charge on any atom is 0.260 e. The summed E-state index contributed by atoms with van der Waals surface area (Å²) in [5, 5.41) is 0.637. The minimum Gasteiger partial charge on any atom is -0.378 e. The van der Waals surface area contributed by atoms with E-state index < -0.39 is 0 Å². The van der Waals surface area contributed by atoms with Crippen LogP contribution < -0.4 is 10.5 Å². The van der Waals surface area contributed by atoms with Gasteiger partial charge in [-0.1, -0.05) is 6.07 Å². The summed E-state index contributed by atoms with van der Waals surface area (Å²) in [7, 11) is 0. The van der Waals surface area contributed by atoms with Gasteiger partial charge in [-0.05, 0) is 24.6 Å². The summed E-state index contributed by atoms with van der Waals surface area (Å²) in [6.45, 7) is 4.88. The Labute approximate surface area is 104 Å². The van der Waals surface area contributed by atoms with Crippen molar-refractivity contribution in [1.29, 1.82) is 0 Å². The molecule has 94 valence electrons. The Balaban J connectivity index is 2.10. The van der Waals surface area contributed by atoms with Crippen LogP contribution in [0.2, 0.25) is 0 Å². The van der Waals surface area contributed by atoms with E-state index >= 15 is 0 Å². The van der Waals surface area contributed by atoms with Gasteiger partial charge in [0.1, 0.15) is 0 Å². The summed E-state index contributed by atoms with van der Waals surface area (Å²) in [5.74, 6) is 0.640. The molecule has 1 saturated heterocycles. The molecule has 1 aromatic carbocycles. The Morgan fingerprint density at radius 2 is 2.11 bits per heavy atom. The summed E-state index contributed by atoms with van der Waals surface area (Å²) >= 11 is 0. The monoisotopic (exact) mass is 245 g/mol. The largest absolute Gasteiger partial charge is 0.378 e. The highest BCUT2D eigenvalue weighted by Gasteiger charge is 2.14. The maximum atomic E-state index is 12.0. The van der Waals surface area contributed by atoms with Crippen LogP contribution in [0.15, 0.2) is 23.0 Å². The molecule has 0 aliphatic carbocycles. The van der Waals surface area contributed by atoms with Crippen molar-refractivity contribution in [2.75, 3.05) is 31.2 Å². The molecule has 0 radical (unpaired) electrons. The molecule has 1 aromatic heterocycles. The summed E-state index contributed by atoms with van der Waals surface area (Å²) in [4.78, 5) is 21.4. The van der Waals surface area contributed by atoms with Gasteiger partial charge in [0.05, 0.1) is 24.1 Å². The lowest BCUT2D eigenvalue weighted by molar-refractivity contribution is 0.122. The number of aromatic nitrogens is 2. The van der Waals surface area contributed by atoms with Crippen molar-refractivity contribution >= 4 is 16.9 Å². The topological polar surface area (TPSA) is 58.2 Å². The first-order valence-electron chi connectivity index (χ1n) is 6.07. The van der Waals surface area contributed by atoms with E-state index in [9.17, 15) is 4.79 Å². The molecule has 1 fully saturated rings. The summed E-state index contributed by atoms with van der Waals surface area (Å²) in [5.41, 5.74) is 1.77. The van der Waals surface area contributed by atoms with E-state index in [1.54, 1.807) is 0 Å². The number of benzene rings is 1. The standard InChI is InChI=1S/C13H15N3O2/c1-9-2-3-10-11(8-9)14-13(15-12(10)17)16-4-6-18-7-5-16/h2-3,8H,4-7H2,1H3,(H,14,15,17). The van der Waals surface area contributed by atoms with Crippen LogP contribution in [0, 0.1) is 6.92 Å². The van der Waals surface area contributed by atoms with Crippen LogP contribution in [0.4, 0.5) is 5.95 Å². The number of anilines is 1. The van der Waals surface area contributed by atoms with E-state index in [1.807, 2.05) is 30.0 Å². The van der Waals surface area contributed by atoms with Crippen molar-refractivity contribution in [3.05, 3.63) is 34.1 Å². The SMILES string of the molecule is Cc1ccc2c(=O)[nH]c(N3CCOCC3)nc2c1. The third-order valence-corrected chi connectivity index (χ3v) is 3.16. The van der Waals surface area contributed by atoms with Crippen molar-refractivity contribution in [1.82, 2.24) is 9.97 Å². The minimum absolute atomic E-state index is 0.0820. The van der Waals surface area contributed by atoms with E-state index in [-0.39, 0.29) is 5.56 Å². The van der Waals surface area contributed by atoms with Gasteiger partial charge in [0.15, 0.2) is 0 Å². The van der Waals surface area contributed by atoms with E-state index in [2.05, 4.69) is 9.97 Å². The molecule has 0 bridgehead atoms. The van der Waals surface area contributed by atoms with Gasteiger partial charge in [-0.15, -0.1) is 0 Å². The second-order valence-corrected chi connectivity index (χ2v) is 4.51. The third kappa shape index (κ3) is 1.97. The highest BCUT2D eigenvalue weighted by molar-refractivity contribution is 5.79. The molecule has 2 heterocycles. The van der Waals surface area contributed by atoms with E-state index in [0.29, 0.717) is 24.5 Å². The lowest BCUT2D eigenvalue weighted by Gasteiger charge is -2.27. The highest BCUT2D eigenvalue weighted by Crippen LogP contribution is 2.14. The zero-order valence-corrected chi connectivity index (χ0v) is 10.3. The van der Waals surface area contributed by atoms with E-state index in [1.165, 1.54) is 0 Å². The lowest BCUT2D eigenvalue weighted by atomic mass is 10.2. The molecule has 5 nitrogen and oxygen atoms in total. The molecule has 5 heteroatoms. The summed E-state index contributed by atoms with van der Waals surface area (Å²) in [6.07, 6.45) is 0. The number of hydrogen-bond acceptors (Lipinski definition) is 4. The fourth-order valence-electron chi connectivity index (χ4n) is 2.16. The Bertz CT molecular complexity index is 630. The van der Waals surface area contributed by atoms with Crippen LogP contribution in [0.5, 0.6) is 0 Å². The average Bonchev–Trinajstić information content (AvgIpc) is 2.39. The first kappa shape index (κ1) is 11.2. The number of morpholine rings is 1. The van der Waals surface area contributed by atoms with Crippen molar-refractivity contribution in [2.45, 2.75) is 6.92 Å². The second-order valence-electron chi connectivity index (χ2n) is 4.51. The zero-order valence-electron chi connectivity index (χ0n) is 10.3. The lowest BCUT2D eigenvalue weighted by Crippen LogP contribution is -2.38. The molecule has 1 aliphatic heterocycles. The fraction of sp³-hybridized carbons (Fsp3) is 0.385. The van der Waals surface area contributed by atoms with Crippen LogP contribution in [-0.2, 0) is 4.74 Å². The fourth-order valence-corrected chi connectivity index (χ4v) is 2.16. The molecule has 1 N–H and O–H groups in total. The molecule has 1 aliphatic rings. The van der Waals surface area contributed by atoms with Gasteiger partial charge < -0.3 is 9.64 Å². The van der Waals surface area contributed by atoms with Gasteiger partial charge in [-0.3, -0.25) is 9.78 Å². The van der Waals surface area contributed by atoms with Crippen molar-refractivity contribution < 1.29 is 4.74 Å². The van der Waals surface area contributed by atoms with Gasteiger partial charge in [0, 0.05) is 13.1 Å². The smallest absolute Gasteiger partial charge is 0.260 e. The molecule has 3 rings (SSSR count). The minimum atomic E-state index is -0.0820. The van der Waals surface area contributed by atoms with Gasteiger partial charge in [0.2, 0.25) is 5.95 Å². The molecule has 0 saturated carbocycles. The number of nitrogens with zero attached hydrogens (tertiary/aromatic N) is 2. The maximum absolute atomic E-state index is 12.0. The van der Waals surface area contributed by atoms with Crippen molar-refractivity contribution in [3.8, 4) is 0 Å². The van der Waals surface area contributed by atoms with Gasteiger partial charge in [0.25, 0.3) is 5.56 Å². The third-order valence-electron chi connectivity index (χ3n) is 3.16. The normalized spacial score (nSPS) is 16.2. The molecule has 0 atom stereocenters. The quantitative estimate of drug-likeness (QED) is 0.816. The van der Waals surface area contributed by atoms with Gasteiger partial charge in [-0.25, -0.2) is 4.98 Å². The van der Waals surface area contributed by atoms with Gasteiger partial charge in [-0.2, -0.15) is 0 Å². The Hall–Kier alpha value is -1.88. The predicted molar refractivity (Wildman–Crippen MR) is 70.1 cm³/mol. The molecule has 0 amide bonds. The number of ether oxygens (including phenoxy) is 1. The first-order valence-corrected chi connectivity index (χ1v) is 6.07. The number of aryl methyl sites for hydroxylation is 1. The van der Waals surface area contributed by atoms with E-state index in [0.717, 1.165) is 24.2 Å². The number of hydrogen-bond donors (Lipinski definition) is 1. The molecule has 0 unspecified atom stereocenters. The van der Waals surface area contributed by atoms with Crippen molar-refractivity contribution in [2.24, 2.45) is 0 Å². The highest BCUT2D eigenvalue weighted by atomic mass is 16.5. The number of nitrogens with one attached hydrogen (secondary N) is 1. The second kappa shape index (κ2) is 4.42. The van der Waals surface area contributed by atoms with Crippen LogP contribution in [0.3, 0.4) is 0 Å². The number of rotatable bonds is 1. The Kier molecular flexibility index (Phi) is 2.76. The molecular weight excluding hydrogens is 230 g/mol. The van der Waals surface area contributed by atoms with Gasteiger partial charge >= 0.3 is 0 Å². The van der Waals surface area contributed by atoms with Crippen LogP contribution in [0.25, 0.3) is 10.9 Å². The molecular formula is C13H15N3O2.